The van der Waals surface area contributed by atoms with Gasteiger partial charge in [-0.25, -0.2) is 0 Å². The monoisotopic (exact) mass is 357 g/mol. The zero-order valence-electron chi connectivity index (χ0n) is 14.1. The number of hydrogen-bond acceptors (Lipinski definition) is 8. The molecular weight excluding hydrogens is 330 g/mol. The van der Waals surface area contributed by atoms with Gasteiger partial charge in [0.05, 0.1) is 12.9 Å². The number of hydrogen-bond donors (Lipinski definition) is 7. The highest BCUT2D eigenvalue weighted by Gasteiger charge is 2.28. The molecule has 142 valence electrons. The van der Waals surface area contributed by atoms with Gasteiger partial charge in [-0.3, -0.25) is 5.32 Å². The minimum atomic E-state index is -1.69. The summed E-state index contributed by atoms with van der Waals surface area (Å²) in [6.45, 7) is 3.18. The molecule has 7 N–H and O–H groups in total. The second-order valence-corrected chi connectivity index (χ2v) is 5.66. The van der Waals surface area contributed by atoms with Crippen LogP contribution in [0, 0.1) is 11.8 Å². The first-order chi connectivity index (χ1) is 11.8. The molecule has 8 heteroatoms. The predicted molar refractivity (Wildman–Crippen MR) is 90.6 cm³/mol. The summed E-state index contributed by atoms with van der Waals surface area (Å²) < 4.78 is 5.53. The SMILES string of the molecule is C=CC(C(O)O)C(/C=C/OC1C=C(CO)C(C(O)O)=CC1)C(O)NC. The van der Waals surface area contributed by atoms with E-state index in [-0.39, 0.29) is 12.2 Å². The van der Waals surface area contributed by atoms with E-state index in [0.717, 1.165) is 0 Å². The molecule has 0 spiro atoms. The molecule has 1 aliphatic carbocycles. The Hall–Kier alpha value is -1.52. The van der Waals surface area contributed by atoms with Crippen molar-refractivity contribution in [1.82, 2.24) is 5.32 Å². The van der Waals surface area contributed by atoms with Crippen LogP contribution >= 0.6 is 0 Å². The van der Waals surface area contributed by atoms with Crippen molar-refractivity contribution in [1.29, 1.82) is 0 Å². The lowest BCUT2D eigenvalue weighted by Crippen LogP contribution is -2.40. The van der Waals surface area contributed by atoms with Gasteiger partial charge in [-0.2, -0.15) is 0 Å². The second-order valence-electron chi connectivity index (χ2n) is 5.66. The van der Waals surface area contributed by atoms with Gasteiger partial charge in [-0.1, -0.05) is 12.2 Å². The summed E-state index contributed by atoms with van der Waals surface area (Å²) in [5.41, 5.74) is 0.603. The fourth-order valence-electron chi connectivity index (χ4n) is 2.62. The summed E-state index contributed by atoms with van der Waals surface area (Å²) in [5, 5.41) is 59.2. The summed E-state index contributed by atoms with van der Waals surface area (Å²) in [6.07, 6.45) is 2.83. The standard InChI is InChI=1S/C17H27NO7/c1-3-12(16(21)22)14(15(20)18-2)6-7-25-11-4-5-13(17(23)24)10(8-11)9-19/h3,5-8,11-12,14-24H,1,4,9H2,2H3/b7-6+. The molecule has 0 radical (unpaired) electrons. The zero-order chi connectivity index (χ0) is 19.0. The van der Waals surface area contributed by atoms with Crippen LogP contribution in [0.25, 0.3) is 0 Å². The zero-order valence-corrected chi connectivity index (χ0v) is 14.1. The maximum Gasteiger partial charge on any atom is 0.178 e. The van der Waals surface area contributed by atoms with Crippen molar-refractivity contribution in [2.24, 2.45) is 11.8 Å². The van der Waals surface area contributed by atoms with Gasteiger partial charge in [0.2, 0.25) is 0 Å². The van der Waals surface area contributed by atoms with Gasteiger partial charge < -0.3 is 35.4 Å². The maximum absolute atomic E-state index is 9.98. The van der Waals surface area contributed by atoms with E-state index < -0.39 is 36.7 Å². The normalized spacial score (nSPS) is 21.9. The molecule has 4 unspecified atom stereocenters. The Morgan fingerprint density at radius 3 is 2.44 bits per heavy atom. The van der Waals surface area contributed by atoms with Gasteiger partial charge in [0.15, 0.2) is 12.6 Å². The first kappa shape index (κ1) is 21.5. The van der Waals surface area contributed by atoms with E-state index in [1.54, 1.807) is 12.2 Å². The lowest BCUT2D eigenvalue weighted by atomic mass is 9.90. The van der Waals surface area contributed by atoms with Crippen LogP contribution in [-0.4, -0.2) is 69.2 Å². The number of nitrogens with one attached hydrogen (secondary N) is 1. The summed E-state index contributed by atoms with van der Waals surface area (Å²) in [5.74, 6) is -1.51. The Kier molecular flexibility index (Phi) is 9.01. The molecule has 8 nitrogen and oxygen atoms in total. The van der Waals surface area contributed by atoms with Crippen LogP contribution < -0.4 is 5.32 Å². The van der Waals surface area contributed by atoms with E-state index in [9.17, 15) is 30.6 Å². The average molecular weight is 357 g/mol. The van der Waals surface area contributed by atoms with Crippen molar-refractivity contribution >= 4 is 0 Å². The van der Waals surface area contributed by atoms with Crippen LogP contribution in [-0.2, 0) is 4.74 Å². The fourth-order valence-corrected chi connectivity index (χ4v) is 2.62. The molecule has 0 aromatic carbocycles. The van der Waals surface area contributed by atoms with Crippen molar-refractivity contribution in [2.75, 3.05) is 13.7 Å². The first-order valence-corrected chi connectivity index (χ1v) is 7.89. The molecule has 0 saturated heterocycles. The van der Waals surface area contributed by atoms with Gasteiger partial charge in [0, 0.05) is 23.8 Å². The summed E-state index contributed by atoms with van der Waals surface area (Å²) >= 11 is 0. The third-order valence-electron chi connectivity index (χ3n) is 4.05. The summed E-state index contributed by atoms with van der Waals surface area (Å²) in [7, 11) is 1.53. The number of ether oxygens (including phenoxy) is 1. The van der Waals surface area contributed by atoms with Gasteiger partial charge in [0.25, 0.3) is 0 Å². The van der Waals surface area contributed by atoms with E-state index in [1.165, 1.54) is 25.5 Å². The minimum Gasteiger partial charge on any atom is -0.494 e. The molecule has 1 aliphatic rings. The minimum absolute atomic E-state index is 0.241. The van der Waals surface area contributed by atoms with Crippen LogP contribution in [0.1, 0.15) is 6.42 Å². The van der Waals surface area contributed by atoms with Gasteiger partial charge in [0.1, 0.15) is 12.3 Å². The smallest absolute Gasteiger partial charge is 0.178 e. The molecule has 0 bridgehead atoms. The molecule has 0 aromatic heterocycles. The van der Waals surface area contributed by atoms with Crippen LogP contribution in [0.4, 0.5) is 0 Å². The van der Waals surface area contributed by atoms with Gasteiger partial charge in [-0.05, 0) is 24.8 Å². The Labute approximate surface area is 146 Å². The fraction of sp³-hybridized carbons (Fsp3) is 0.529. The van der Waals surface area contributed by atoms with E-state index in [2.05, 4.69) is 11.9 Å². The Morgan fingerprint density at radius 1 is 1.28 bits per heavy atom. The van der Waals surface area contributed by atoms with Crippen molar-refractivity contribution < 1.29 is 35.4 Å². The molecule has 1 rings (SSSR count). The number of aliphatic hydroxyl groups excluding tert-OH is 4. The van der Waals surface area contributed by atoms with Crippen LogP contribution in [0.5, 0.6) is 0 Å². The van der Waals surface area contributed by atoms with Crippen molar-refractivity contribution in [3.8, 4) is 0 Å². The molecule has 4 atom stereocenters. The Bertz CT molecular complexity index is 513. The highest BCUT2D eigenvalue weighted by atomic mass is 16.5. The van der Waals surface area contributed by atoms with E-state index >= 15 is 0 Å². The molecule has 0 amide bonds. The van der Waals surface area contributed by atoms with Crippen LogP contribution in [0.2, 0.25) is 0 Å². The van der Waals surface area contributed by atoms with Crippen molar-refractivity contribution in [3.63, 3.8) is 0 Å². The molecule has 25 heavy (non-hydrogen) atoms. The van der Waals surface area contributed by atoms with E-state index in [1.807, 2.05) is 0 Å². The van der Waals surface area contributed by atoms with Crippen LogP contribution in [0.15, 0.2) is 48.3 Å². The Morgan fingerprint density at radius 2 is 1.96 bits per heavy atom. The molecule has 0 fully saturated rings. The van der Waals surface area contributed by atoms with Gasteiger partial charge >= 0.3 is 0 Å². The molecule has 0 heterocycles. The first-order valence-electron chi connectivity index (χ1n) is 7.89. The lowest BCUT2D eigenvalue weighted by Gasteiger charge is -2.27. The molecular formula is C17H27NO7. The summed E-state index contributed by atoms with van der Waals surface area (Å²) in [6, 6.07) is 0. The second kappa shape index (κ2) is 10.5. The molecule has 0 saturated carbocycles. The Balaban J connectivity index is 2.80. The lowest BCUT2D eigenvalue weighted by molar-refractivity contribution is -0.0949. The maximum atomic E-state index is 9.98. The largest absolute Gasteiger partial charge is 0.494 e. The highest BCUT2D eigenvalue weighted by Crippen LogP contribution is 2.24. The highest BCUT2D eigenvalue weighted by molar-refractivity contribution is 5.37. The summed E-state index contributed by atoms with van der Waals surface area (Å²) in [4.78, 5) is 0. The molecule has 0 aromatic rings. The van der Waals surface area contributed by atoms with Crippen LogP contribution in [0.3, 0.4) is 0 Å². The molecule has 0 aliphatic heterocycles. The van der Waals surface area contributed by atoms with Crippen molar-refractivity contribution in [2.45, 2.75) is 31.3 Å². The number of aliphatic hydroxyl groups is 6. The topological polar surface area (TPSA) is 143 Å². The average Bonchev–Trinajstić information content (AvgIpc) is 2.59. The van der Waals surface area contributed by atoms with E-state index in [0.29, 0.717) is 12.0 Å². The van der Waals surface area contributed by atoms with Gasteiger partial charge in [-0.15, -0.1) is 6.58 Å². The number of rotatable bonds is 10. The quantitative estimate of drug-likeness (QED) is 0.145. The predicted octanol–water partition coefficient (Wildman–Crippen LogP) is -1.29. The third kappa shape index (κ3) is 6.05. The third-order valence-corrected chi connectivity index (χ3v) is 4.05. The van der Waals surface area contributed by atoms with Crippen molar-refractivity contribution in [3.05, 3.63) is 48.3 Å². The van der Waals surface area contributed by atoms with E-state index in [4.69, 9.17) is 4.74 Å².